The highest BCUT2D eigenvalue weighted by Crippen LogP contribution is 2.22. The Labute approximate surface area is 150 Å². The zero-order valence-electron chi connectivity index (χ0n) is 14.3. The van der Waals surface area contributed by atoms with E-state index in [4.69, 9.17) is 11.6 Å². The third kappa shape index (κ3) is 4.87. The molecule has 1 aliphatic heterocycles. The molecule has 0 bridgehead atoms. The van der Waals surface area contributed by atoms with Gasteiger partial charge in [-0.15, -0.1) is 0 Å². The van der Waals surface area contributed by atoms with Crippen molar-refractivity contribution in [2.75, 3.05) is 26.2 Å². The van der Waals surface area contributed by atoms with Gasteiger partial charge >= 0.3 is 6.03 Å². The molecule has 1 aromatic rings. The zero-order valence-corrected chi connectivity index (χ0v) is 15.1. The molecule has 1 N–H and O–H groups in total. The number of nitrogens with one attached hydrogen (secondary N) is 1. The van der Waals surface area contributed by atoms with Crippen LogP contribution in [-0.4, -0.2) is 48.1 Å². The molecular weight excluding hydrogens is 322 g/mol. The summed E-state index contributed by atoms with van der Waals surface area (Å²) in [5.41, 5.74) is 1.07. The number of carbonyl (C=O) groups excluding carboxylic acids is 1. The van der Waals surface area contributed by atoms with Gasteiger partial charge in [-0.05, 0) is 30.5 Å². The van der Waals surface area contributed by atoms with E-state index in [-0.39, 0.29) is 6.03 Å². The second kappa shape index (κ2) is 8.72. The maximum Gasteiger partial charge on any atom is 0.317 e. The lowest BCUT2D eigenvalue weighted by Gasteiger charge is -2.39. The van der Waals surface area contributed by atoms with Crippen molar-refractivity contribution in [1.82, 2.24) is 15.1 Å². The number of halogens is 1. The number of carbonyl (C=O) groups is 1. The lowest BCUT2D eigenvalue weighted by molar-refractivity contribution is 0.101. The van der Waals surface area contributed by atoms with Gasteiger partial charge in [0.2, 0.25) is 0 Å². The lowest BCUT2D eigenvalue weighted by Crippen LogP contribution is -2.54. The minimum atomic E-state index is 0.0467. The summed E-state index contributed by atoms with van der Waals surface area (Å²) in [6.07, 6.45) is 8.19. The fourth-order valence-corrected chi connectivity index (χ4v) is 3.93. The summed E-state index contributed by atoms with van der Waals surface area (Å²) in [6, 6.07) is 8.40. The number of hydrogen-bond acceptors (Lipinski definition) is 2. The summed E-state index contributed by atoms with van der Waals surface area (Å²) in [6.45, 7) is 4.25. The number of nitrogens with zero attached hydrogens (tertiary/aromatic N) is 2. The minimum absolute atomic E-state index is 0.0467. The van der Waals surface area contributed by atoms with Crippen LogP contribution >= 0.6 is 11.6 Å². The molecule has 1 saturated heterocycles. The van der Waals surface area contributed by atoms with Crippen LogP contribution in [0.4, 0.5) is 4.79 Å². The monoisotopic (exact) mass is 349 g/mol. The Bertz CT molecular complexity index is 518. The van der Waals surface area contributed by atoms with Crippen LogP contribution in [0.3, 0.4) is 0 Å². The van der Waals surface area contributed by atoms with E-state index in [0.29, 0.717) is 6.54 Å². The van der Waals surface area contributed by atoms with Crippen molar-refractivity contribution in [3.63, 3.8) is 0 Å². The Balaban J connectivity index is 1.42. The second-order valence-corrected chi connectivity index (χ2v) is 7.39. The maximum absolute atomic E-state index is 12.3. The minimum Gasteiger partial charge on any atom is -0.334 e. The van der Waals surface area contributed by atoms with Gasteiger partial charge in [0.05, 0.1) is 0 Å². The first-order valence-corrected chi connectivity index (χ1v) is 9.61. The molecule has 3 rings (SSSR count). The van der Waals surface area contributed by atoms with Crippen molar-refractivity contribution in [1.29, 1.82) is 0 Å². The Morgan fingerprint density at radius 1 is 1.00 bits per heavy atom. The summed E-state index contributed by atoms with van der Waals surface area (Å²) >= 11 is 5.88. The molecule has 0 spiro atoms. The molecule has 0 radical (unpaired) electrons. The number of piperazine rings is 1. The first-order valence-electron chi connectivity index (χ1n) is 9.23. The smallest absolute Gasteiger partial charge is 0.317 e. The lowest BCUT2D eigenvalue weighted by atomic mass is 10.1. The standard InChI is InChI=1S/C19H28ClN3O/c20-17-9-7-16(8-10-17)15-21-19(24)23-13-11-22(12-14-23)18-5-3-1-2-4-6-18/h7-10,18H,1-6,11-15H2,(H,21,24). The first-order chi connectivity index (χ1) is 11.7. The van der Waals surface area contributed by atoms with Gasteiger partial charge in [0.1, 0.15) is 0 Å². The predicted molar refractivity (Wildman–Crippen MR) is 98.3 cm³/mol. The third-order valence-electron chi connectivity index (χ3n) is 5.30. The van der Waals surface area contributed by atoms with Crippen LogP contribution in [0, 0.1) is 0 Å². The van der Waals surface area contributed by atoms with Crippen molar-refractivity contribution >= 4 is 17.6 Å². The molecule has 2 amide bonds. The average Bonchev–Trinajstić information content (AvgIpc) is 2.90. The van der Waals surface area contributed by atoms with Gasteiger partial charge in [-0.25, -0.2) is 4.79 Å². The van der Waals surface area contributed by atoms with Gasteiger partial charge in [-0.2, -0.15) is 0 Å². The summed E-state index contributed by atoms with van der Waals surface area (Å²) in [7, 11) is 0. The number of hydrogen-bond donors (Lipinski definition) is 1. The molecule has 132 valence electrons. The Kier molecular flexibility index (Phi) is 6.38. The highest BCUT2D eigenvalue weighted by molar-refractivity contribution is 6.30. The zero-order chi connectivity index (χ0) is 16.8. The van der Waals surface area contributed by atoms with E-state index in [1.807, 2.05) is 29.2 Å². The van der Waals surface area contributed by atoms with Crippen molar-refractivity contribution in [2.24, 2.45) is 0 Å². The van der Waals surface area contributed by atoms with Crippen molar-refractivity contribution in [2.45, 2.75) is 51.1 Å². The van der Waals surface area contributed by atoms with Crippen LogP contribution in [0.5, 0.6) is 0 Å². The van der Waals surface area contributed by atoms with Crippen LogP contribution in [0.15, 0.2) is 24.3 Å². The van der Waals surface area contributed by atoms with Crippen molar-refractivity contribution < 1.29 is 4.79 Å². The quantitative estimate of drug-likeness (QED) is 0.840. The van der Waals surface area contributed by atoms with E-state index in [0.717, 1.165) is 42.8 Å². The van der Waals surface area contributed by atoms with E-state index in [1.54, 1.807) is 0 Å². The maximum atomic E-state index is 12.3. The van der Waals surface area contributed by atoms with Crippen LogP contribution in [0.25, 0.3) is 0 Å². The molecule has 1 saturated carbocycles. The molecule has 5 heteroatoms. The van der Waals surface area contributed by atoms with Gasteiger partial charge in [0.15, 0.2) is 0 Å². The number of benzene rings is 1. The molecule has 0 aromatic heterocycles. The third-order valence-corrected chi connectivity index (χ3v) is 5.55. The molecule has 1 aliphatic carbocycles. The highest BCUT2D eigenvalue weighted by Gasteiger charge is 2.26. The fourth-order valence-electron chi connectivity index (χ4n) is 3.80. The molecule has 4 nitrogen and oxygen atoms in total. The Hall–Kier alpha value is -1.26. The van der Waals surface area contributed by atoms with E-state index in [2.05, 4.69) is 10.2 Å². The molecule has 2 fully saturated rings. The average molecular weight is 350 g/mol. The van der Waals surface area contributed by atoms with Crippen LogP contribution in [0.1, 0.15) is 44.1 Å². The second-order valence-electron chi connectivity index (χ2n) is 6.95. The molecular formula is C19H28ClN3O. The van der Waals surface area contributed by atoms with E-state index >= 15 is 0 Å². The Morgan fingerprint density at radius 3 is 2.25 bits per heavy atom. The molecule has 24 heavy (non-hydrogen) atoms. The van der Waals surface area contributed by atoms with E-state index in [9.17, 15) is 4.79 Å². The summed E-state index contributed by atoms with van der Waals surface area (Å²) < 4.78 is 0. The normalized spacial score (nSPS) is 20.6. The van der Waals surface area contributed by atoms with Gasteiger partial charge in [-0.3, -0.25) is 4.90 Å². The van der Waals surface area contributed by atoms with Gasteiger partial charge in [0.25, 0.3) is 0 Å². The molecule has 1 heterocycles. The highest BCUT2D eigenvalue weighted by atomic mass is 35.5. The van der Waals surface area contributed by atoms with E-state index in [1.165, 1.54) is 38.5 Å². The number of amides is 2. The number of rotatable bonds is 3. The van der Waals surface area contributed by atoms with Crippen LogP contribution in [-0.2, 0) is 6.54 Å². The van der Waals surface area contributed by atoms with Crippen LogP contribution < -0.4 is 5.32 Å². The topological polar surface area (TPSA) is 35.6 Å². The van der Waals surface area contributed by atoms with Crippen molar-refractivity contribution in [3.8, 4) is 0 Å². The van der Waals surface area contributed by atoms with Gasteiger partial charge < -0.3 is 10.2 Å². The SMILES string of the molecule is O=C(NCc1ccc(Cl)cc1)N1CCN(C2CCCCCC2)CC1. The largest absolute Gasteiger partial charge is 0.334 e. The van der Waals surface area contributed by atoms with Gasteiger partial charge in [0, 0.05) is 43.8 Å². The van der Waals surface area contributed by atoms with E-state index < -0.39 is 0 Å². The molecule has 0 unspecified atom stereocenters. The first kappa shape index (κ1) is 17.6. The fraction of sp³-hybridized carbons (Fsp3) is 0.632. The number of urea groups is 1. The summed E-state index contributed by atoms with van der Waals surface area (Å²) in [5.74, 6) is 0. The predicted octanol–water partition coefficient (Wildman–Crippen LogP) is 3.89. The molecule has 1 aromatic carbocycles. The summed E-state index contributed by atoms with van der Waals surface area (Å²) in [4.78, 5) is 16.9. The molecule has 2 aliphatic rings. The summed E-state index contributed by atoms with van der Waals surface area (Å²) in [5, 5.41) is 3.74. The van der Waals surface area contributed by atoms with Crippen LogP contribution in [0.2, 0.25) is 5.02 Å². The Morgan fingerprint density at radius 2 is 1.62 bits per heavy atom. The van der Waals surface area contributed by atoms with Gasteiger partial charge in [-0.1, -0.05) is 49.4 Å². The van der Waals surface area contributed by atoms with Crippen molar-refractivity contribution in [3.05, 3.63) is 34.9 Å². The molecule has 0 atom stereocenters.